The first-order chi connectivity index (χ1) is 8.68. The van der Waals surface area contributed by atoms with Gasteiger partial charge in [-0.1, -0.05) is 6.07 Å². The molecule has 0 saturated carbocycles. The molecule has 18 heavy (non-hydrogen) atoms. The normalized spacial score (nSPS) is 23.4. The maximum absolute atomic E-state index is 12.3. The molecule has 94 valence electrons. The van der Waals surface area contributed by atoms with Crippen LogP contribution < -0.4 is 10.6 Å². The van der Waals surface area contributed by atoms with E-state index in [4.69, 9.17) is 5.73 Å². The number of carbonyl (C=O) groups is 2. The predicted octanol–water partition coefficient (Wildman–Crippen LogP) is 1.15. The molecule has 1 unspecified atom stereocenters. The van der Waals surface area contributed by atoms with Gasteiger partial charge in [-0.15, -0.1) is 0 Å². The topological polar surface area (TPSA) is 66.6 Å². The minimum atomic E-state index is -0.308. The number of hydrogen-bond donors (Lipinski definition) is 1. The molecule has 0 aromatic heterocycles. The first kappa shape index (κ1) is 11.4. The highest BCUT2D eigenvalue weighted by Crippen LogP contribution is 2.30. The van der Waals surface area contributed by atoms with Crippen molar-refractivity contribution in [1.29, 1.82) is 0 Å². The summed E-state index contributed by atoms with van der Waals surface area (Å²) in [5, 5.41) is 0. The minimum absolute atomic E-state index is 0.141. The molecule has 0 spiro atoms. The number of nitrogens with zero attached hydrogens (tertiary/aromatic N) is 2. The van der Waals surface area contributed by atoms with Gasteiger partial charge in [0.25, 0.3) is 5.91 Å². The Bertz CT molecular complexity index is 496. The molecule has 2 saturated heterocycles. The van der Waals surface area contributed by atoms with Crippen LogP contribution in [0.4, 0.5) is 16.2 Å². The molecular formula is C12H13N3O2S. The summed E-state index contributed by atoms with van der Waals surface area (Å²) in [5.41, 5.74) is 6.80. The van der Waals surface area contributed by atoms with Gasteiger partial charge in [-0.05, 0) is 18.2 Å². The third-order valence-electron chi connectivity index (χ3n) is 3.20. The molecule has 3 rings (SSSR count). The van der Waals surface area contributed by atoms with Crippen LogP contribution in [0.5, 0.6) is 0 Å². The molecule has 2 aliphatic rings. The summed E-state index contributed by atoms with van der Waals surface area (Å²) in [6.07, 6.45) is 0. The van der Waals surface area contributed by atoms with Gasteiger partial charge in [0.2, 0.25) is 0 Å². The van der Waals surface area contributed by atoms with Crippen LogP contribution in [-0.2, 0) is 4.79 Å². The van der Waals surface area contributed by atoms with E-state index in [2.05, 4.69) is 0 Å². The number of thioether (sulfide) groups is 1. The standard InChI is InChI=1S/C12H13N3O2S/c13-8-2-1-3-9(6-8)15-11(16)10-7-18-5-4-14(10)12(15)17/h1-3,6,10H,4-5,7,13H2. The average molecular weight is 263 g/mol. The third kappa shape index (κ3) is 1.64. The van der Waals surface area contributed by atoms with Gasteiger partial charge in [0.15, 0.2) is 0 Å². The highest BCUT2D eigenvalue weighted by atomic mass is 32.2. The van der Waals surface area contributed by atoms with Gasteiger partial charge in [0.05, 0.1) is 5.69 Å². The van der Waals surface area contributed by atoms with E-state index >= 15 is 0 Å². The number of carbonyl (C=O) groups excluding carboxylic acids is 2. The SMILES string of the molecule is Nc1cccc(N2C(=O)C3CSCCN3C2=O)c1. The monoisotopic (exact) mass is 263 g/mol. The van der Waals surface area contributed by atoms with Gasteiger partial charge in [0, 0.05) is 23.7 Å². The number of nitrogens with two attached hydrogens (primary N) is 1. The van der Waals surface area contributed by atoms with Crippen LogP contribution in [0.25, 0.3) is 0 Å². The molecule has 1 aromatic rings. The van der Waals surface area contributed by atoms with Gasteiger partial charge >= 0.3 is 6.03 Å². The van der Waals surface area contributed by atoms with E-state index in [0.717, 1.165) is 5.75 Å². The molecule has 2 N–H and O–H groups in total. The van der Waals surface area contributed by atoms with Crippen molar-refractivity contribution in [3.63, 3.8) is 0 Å². The molecule has 2 fully saturated rings. The fourth-order valence-electron chi connectivity index (χ4n) is 2.31. The number of anilines is 2. The van der Waals surface area contributed by atoms with Crippen LogP contribution in [0, 0.1) is 0 Å². The molecule has 2 aliphatic heterocycles. The minimum Gasteiger partial charge on any atom is -0.399 e. The van der Waals surface area contributed by atoms with Crippen LogP contribution in [0.2, 0.25) is 0 Å². The second kappa shape index (κ2) is 4.20. The number of nitrogen functional groups attached to an aromatic ring is 1. The highest BCUT2D eigenvalue weighted by molar-refractivity contribution is 7.99. The van der Waals surface area contributed by atoms with Crippen LogP contribution in [0.1, 0.15) is 0 Å². The zero-order valence-corrected chi connectivity index (χ0v) is 10.5. The Morgan fingerprint density at radius 2 is 2.17 bits per heavy atom. The zero-order valence-electron chi connectivity index (χ0n) is 9.70. The van der Waals surface area contributed by atoms with E-state index in [-0.39, 0.29) is 18.0 Å². The average Bonchev–Trinajstić information content (AvgIpc) is 2.63. The summed E-state index contributed by atoms with van der Waals surface area (Å²) in [4.78, 5) is 27.4. The first-order valence-electron chi connectivity index (χ1n) is 5.76. The van der Waals surface area contributed by atoms with Crippen molar-refractivity contribution in [3.8, 4) is 0 Å². The fraction of sp³-hybridized carbons (Fsp3) is 0.333. The van der Waals surface area contributed by atoms with Crippen LogP contribution in [0.3, 0.4) is 0 Å². The number of amides is 3. The molecule has 0 bridgehead atoms. The lowest BCUT2D eigenvalue weighted by Crippen LogP contribution is -2.41. The second-order valence-corrected chi connectivity index (χ2v) is 5.49. The lowest BCUT2D eigenvalue weighted by atomic mass is 10.2. The molecule has 2 heterocycles. The summed E-state index contributed by atoms with van der Waals surface area (Å²) in [6.45, 7) is 0.638. The molecule has 0 aliphatic carbocycles. The van der Waals surface area contributed by atoms with Gasteiger partial charge in [-0.3, -0.25) is 4.79 Å². The van der Waals surface area contributed by atoms with Gasteiger partial charge in [-0.2, -0.15) is 11.8 Å². The zero-order chi connectivity index (χ0) is 12.7. The molecule has 0 radical (unpaired) electrons. The van der Waals surface area contributed by atoms with Gasteiger partial charge < -0.3 is 10.6 Å². The van der Waals surface area contributed by atoms with Crippen LogP contribution in [0.15, 0.2) is 24.3 Å². The van der Waals surface area contributed by atoms with Gasteiger partial charge in [0.1, 0.15) is 6.04 Å². The number of rotatable bonds is 1. The van der Waals surface area contributed by atoms with E-state index in [9.17, 15) is 9.59 Å². The molecule has 3 amide bonds. The Labute approximate surface area is 109 Å². The summed E-state index contributed by atoms with van der Waals surface area (Å²) >= 11 is 1.71. The molecule has 6 heteroatoms. The Hall–Kier alpha value is -1.69. The number of imide groups is 1. The van der Waals surface area contributed by atoms with Crippen molar-refractivity contribution < 1.29 is 9.59 Å². The lowest BCUT2D eigenvalue weighted by Gasteiger charge is -2.25. The summed E-state index contributed by atoms with van der Waals surface area (Å²) < 4.78 is 0. The van der Waals surface area contributed by atoms with Crippen molar-refractivity contribution in [2.24, 2.45) is 0 Å². The molecule has 1 atom stereocenters. The van der Waals surface area contributed by atoms with Crippen molar-refractivity contribution >= 4 is 35.1 Å². The Kier molecular flexibility index (Phi) is 2.66. The molecule has 5 nitrogen and oxygen atoms in total. The van der Waals surface area contributed by atoms with E-state index in [0.29, 0.717) is 23.7 Å². The second-order valence-electron chi connectivity index (χ2n) is 4.34. The Morgan fingerprint density at radius 3 is 2.89 bits per heavy atom. The largest absolute Gasteiger partial charge is 0.399 e. The summed E-state index contributed by atoms with van der Waals surface area (Å²) in [5.74, 6) is 1.43. The van der Waals surface area contributed by atoms with Crippen molar-refractivity contribution in [3.05, 3.63) is 24.3 Å². The summed E-state index contributed by atoms with van der Waals surface area (Å²) in [7, 11) is 0. The predicted molar refractivity (Wildman–Crippen MR) is 71.6 cm³/mol. The van der Waals surface area contributed by atoms with Crippen LogP contribution >= 0.6 is 11.8 Å². The van der Waals surface area contributed by atoms with E-state index in [1.165, 1.54) is 4.90 Å². The highest BCUT2D eigenvalue weighted by Gasteiger charge is 2.46. The van der Waals surface area contributed by atoms with Gasteiger partial charge in [-0.25, -0.2) is 9.69 Å². The van der Waals surface area contributed by atoms with Crippen molar-refractivity contribution in [2.45, 2.75) is 6.04 Å². The lowest BCUT2D eigenvalue weighted by molar-refractivity contribution is -0.119. The molecule has 1 aromatic carbocycles. The molecular weight excluding hydrogens is 250 g/mol. The third-order valence-corrected chi connectivity index (χ3v) is 4.22. The quantitative estimate of drug-likeness (QED) is 0.610. The van der Waals surface area contributed by atoms with Crippen molar-refractivity contribution in [2.75, 3.05) is 28.7 Å². The summed E-state index contributed by atoms with van der Waals surface area (Å²) in [6, 6.07) is 6.34. The Morgan fingerprint density at radius 1 is 1.33 bits per heavy atom. The first-order valence-corrected chi connectivity index (χ1v) is 6.92. The van der Waals surface area contributed by atoms with Crippen molar-refractivity contribution in [1.82, 2.24) is 4.90 Å². The van der Waals surface area contributed by atoms with E-state index < -0.39 is 0 Å². The number of benzene rings is 1. The van der Waals surface area contributed by atoms with E-state index in [1.807, 2.05) is 0 Å². The fourth-order valence-corrected chi connectivity index (χ4v) is 3.35. The van der Waals surface area contributed by atoms with E-state index in [1.54, 1.807) is 40.9 Å². The number of urea groups is 1. The maximum Gasteiger partial charge on any atom is 0.332 e. The maximum atomic E-state index is 12.3. The van der Waals surface area contributed by atoms with Crippen LogP contribution in [-0.4, -0.2) is 40.9 Å². The smallest absolute Gasteiger partial charge is 0.332 e. The number of fused-ring (bicyclic) bond motifs is 1. The Balaban J connectivity index is 1.97. The number of hydrogen-bond acceptors (Lipinski definition) is 4.